The minimum atomic E-state index is 0.175. The molecular weight excluding hydrogens is 252 g/mol. The molecule has 0 saturated carbocycles. The zero-order valence-electron chi connectivity index (χ0n) is 12.2. The van der Waals surface area contributed by atoms with E-state index in [4.69, 9.17) is 12.2 Å². The largest absolute Gasteiger partial charge is 0.343 e. The second kappa shape index (κ2) is 4.89. The van der Waals surface area contributed by atoms with Gasteiger partial charge in [-0.15, -0.1) is 0 Å². The molecule has 2 aromatic rings. The van der Waals surface area contributed by atoms with E-state index in [2.05, 4.69) is 55.0 Å². The minimum absolute atomic E-state index is 0.175. The Morgan fingerprint density at radius 3 is 2.16 bits per heavy atom. The highest BCUT2D eigenvalue weighted by atomic mass is 32.1. The number of hydrogen-bond acceptors (Lipinski definition) is 2. The highest BCUT2D eigenvalue weighted by Crippen LogP contribution is 2.26. The number of hydrogen-bond donors (Lipinski definition) is 1. The van der Waals surface area contributed by atoms with Gasteiger partial charge >= 0.3 is 0 Å². The maximum atomic E-state index is 5.28. The fourth-order valence-corrected chi connectivity index (χ4v) is 2.31. The molecule has 3 heteroatoms. The maximum Gasteiger partial charge on any atom is 0.133 e. The molecular formula is C16H20N2S. The third-order valence-corrected chi connectivity index (χ3v) is 3.71. The lowest BCUT2D eigenvalue weighted by Gasteiger charge is -2.19. The van der Waals surface area contributed by atoms with Gasteiger partial charge in [0.2, 0.25) is 0 Å². The molecule has 1 aromatic heterocycles. The number of aryl methyl sites for hydroxylation is 1. The SMILES string of the molecule is Cc1nc(=S)c(C)c(-c2ccc(C(C)(C)C)cc2)[nH]1. The van der Waals surface area contributed by atoms with E-state index in [-0.39, 0.29) is 5.41 Å². The fourth-order valence-electron chi connectivity index (χ4n) is 2.07. The lowest BCUT2D eigenvalue weighted by atomic mass is 9.86. The monoisotopic (exact) mass is 272 g/mol. The van der Waals surface area contributed by atoms with E-state index in [0.717, 1.165) is 22.6 Å². The highest BCUT2D eigenvalue weighted by Gasteiger charge is 2.13. The number of nitrogens with zero attached hydrogens (tertiary/aromatic N) is 1. The summed E-state index contributed by atoms with van der Waals surface area (Å²) in [5.41, 5.74) is 4.76. The zero-order valence-corrected chi connectivity index (χ0v) is 13.0. The molecule has 2 rings (SSSR count). The van der Waals surface area contributed by atoms with Crippen LogP contribution in [0.5, 0.6) is 0 Å². The normalized spacial score (nSPS) is 11.6. The predicted octanol–water partition coefficient (Wildman–Crippen LogP) is 4.72. The molecule has 0 saturated heterocycles. The molecule has 1 heterocycles. The Kier molecular flexibility index (Phi) is 3.59. The first-order valence-corrected chi connectivity index (χ1v) is 6.88. The molecule has 0 spiro atoms. The summed E-state index contributed by atoms with van der Waals surface area (Å²) < 4.78 is 0.672. The Morgan fingerprint density at radius 2 is 1.63 bits per heavy atom. The molecule has 2 nitrogen and oxygen atoms in total. The van der Waals surface area contributed by atoms with Crippen molar-refractivity contribution in [1.82, 2.24) is 9.97 Å². The van der Waals surface area contributed by atoms with Gasteiger partial charge in [0.25, 0.3) is 0 Å². The van der Waals surface area contributed by atoms with Gasteiger partial charge in [0.15, 0.2) is 0 Å². The maximum absolute atomic E-state index is 5.28. The van der Waals surface area contributed by atoms with Gasteiger partial charge in [-0.25, -0.2) is 4.98 Å². The van der Waals surface area contributed by atoms with Gasteiger partial charge in [0.05, 0.1) is 5.69 Å². The molecule has 1 aromatic carbocycles. The smallest absolute Gasteiger partial charge is 0.133 e. The third-order valence-electron chi connectivity index (χ3n) is 3.31. The van der Waals surface area contributed by atoms with Crippen molar-refractivity contribution in [2.75, 3.05) is 0 Å². The molecule has 0 aliphatic rings. The van der Waals surface area contributed by atoms with Gasteiger partial charge in [0, 0.05) is 5.56 Å². The molecule has 0 aliphatic carbocycles. The summed E-state index contributed by atoms with van der Waals surface area (Å²) >= 11 is 5.28. The van der Waals surface area contributed by atoms with Crippen LogP contribution in [0.25, 0.3) is 11.3 Å². The third kappa shape index (κ3) is 2.92. The van der Waals surface area contributed by atoms with Gasteiger partial charge in [-0.1, -0.05) is 57.3 Å². The van der Waals surface area contributed by atoms with Crippen molar-refractivity contribution in [3.8, 4) is 11.3 Å². The second-order valence-electron chi connectivity index (χ2n) is 5.95. The Balaban J connectivity index is 2.52. The van der Waals surface area contributed by atoms with Gasteiger partial charge in [-0.3, -0.25) is 0 Å². The summed E-state index contributed by atoms with van der Waals surface area (Å²) in [7, 11) is 0. The lowest BCUT2D eigenvalue weighted by Crippen LogP contribution is -2.10. The summed E-state index contributed by atoms with van der Waals surface area (Å²) in [5.74, 6) is 0.852. The number of benzene rings is 1. The van der Waals surface area contributed by atoms with Crippen LogP contribution in [0.2, 0.25) is 0 Å². The Hall–Kier alpha value is -1.48. The average molecular weight is 272 g/mol. The van der Waals surface area contributed by atoms with E-state index >= 15 is 0 Å². The molecule has 1 N–H and O–H groups in total. The van der Waals surface area contributed by atoms with Crippen LogP contribution in [0.1, 0.15) is 37.7 Å². The van der Waals surface area contributed by atoms with Crippen molar-refractivity contribution in [3.05, 3.63) is 45.9 Å². The molecule has 100 valence electrons. The molecule has 0 unspecified atom stereocenters. The van der Waals surface area contributed by atoms with Crippen LogP contribution >= 0.6 is 12.2 Å². The van der Waals surface area contributed by atoms with E-state index in [1.54, 1.807) is 0 Å². The van der Waals surface area contributed by atoms with Crippen LogP contribution in [0.3, 0.4) is 0 Å². The van der Waals surface area contributed by atoms with Gasteiger partial charge in [-0.2, -0.15) is 0 Å². The number of aromatic amines is 1. The first kappa shape index (κ1) is 13.9. The van der Waals surface area contributed by atoms with Gasteiger partial charge in [-0.05, 0) is 30.4 Å². The summed E-state index contributed by atoms with van der Waals surface area (Å²) in [6.45, 7) is 10.6. The fraction of sp³-hybridized carbons (Fsp3) is 0.375. The van der Waals surface area contributed by atoms with Crippen molar-refractivity contribution < 1.29 is 0 Å². The van der Waals surface area contributed by atoms with Gasteiger partial charge < -0.3 is 4.98 Å². The average Bonchev–Trinajstić information content (AvgIpc) is 2.33. The van der Waals surface area contributed by atoms with Crippen molar-refractivity contribution in [3.63, 3.8) is 0 Å². The molecule has 0 atom stereocenters. The Bertz CT molecular complexity index is 646. The van der Waals surface area contributed by atoms with Crippen LogP contribution in [0.4, 0.5) is 0 Å². The number of nitrogens with one attached hydrogen (secondary N) is 1. The minimum Gasteiger partial charge on any atom is -0.343 e. The van der Waals surface area contributed by atoms with Crippen LogP contribution in [0, 0.1) is 18.5 Å². The molecule has 0 bridgehead atoms. The molecule has 0 aliphatic heterocycles. The van der Waals surface area contributed by atoms with Crippen LogP contribution in [0.15, 0.2) is 24.3 Å². The van der Waals surface area contributed by atoms with Gasteiger partial charge in [0.1, 0.15) is 10.5 Å². The van der Waals surface area contributed by atoms with E-state index in [1.807, 2.05) is 13.8 Å². The summed E-state index contributed by atoms with van der Waals surface area (Å²) in [6.07, 6.45) is 0. The summed E-state index contributed by atoms with van der Waals surface area (Å²) in [4.78, 5) is 7.59. The van der Waals surface area contributed by atoms with E-state index < -0.39 is 0 Å². The van der Waals surface area contributed by atoms with E-state index in [9.17, 15) is 0 Å². The molecule has 0 amide bonds. The van der Waals surface area contributed by atoms with Crippen LogP contribution in [-0.2, 0) is 5.41 Å². The van der Waals surface area contributed by atoms with E-state index in [0.29, 0.717) is 4.64 Å². The number of H-pyrrole nitrogens is 1. The number of rotatable bonds is 1. The highest BCUT2D eigenvalue weighted by molar-refractivity contribution is 7.71. The first-order valence-electron chi connectivity index (χ1n) is 6.47. The number of aromatic nitrogens is 2. The summed E-state index contributed by atoms with van der Waals surface area (Å²) in [6, 6.07) is 8.66. The standard InChI is InChI=1S/C16H20N2S/c1-10-14(17-11(2)18-15(10)19)12-6-8-13(9-7-12)16(3,4)5/h6-9H,1-5H3,(H,17,18,19). The quantitative estimate of drug-likeness (QED) is 0.761. The molecule has 0 fully saturated rings. The zero-order chi connectivity index (χ0) is 14.2. The first-order chi connectivity index (χ1) is 8.79. The van der Waals surface area contributed by atoms with Crippen molar-refractivity contribution in [1.29, 1.82) is 0 Å². The van der Waals surface area contributed by atoms with Crippen LogP contribution < -0.4 is 0 Å². The Morgan fingerprint density at radius 1 is 1.05 bits per heavy atom. The van der Waals surface area contributed by atoms with Crippen LogP contribution in [-0.4, -0.2) is 9.97 Å². The molecule has 19 heavy (non-hydrogen) atoms. The molecule has 0 radical (unpaired) electrons. The topological polar surface area (TPSA) is 28.7 Å². The summed E-state index contributed by atoms with van der Waals surface area (Å²) in [5, 5.41) is 0. The Labute approximate surface area is 119 Å². The van der Waals surface area contributed by atoms with Crippen molar-refractivity contribution in [2.24, 2.45) is 0 Å². The van der Waals surface area contributed by atoms with Crippen molar-refractivity contribution >= 4 is 12.2 Å². The lowest BCUT2D eigenvalue weighted by molar-refractivity contribution is 0.590. The second-order valence-corrected chi connectivity index (χ2v) is 6.34. The predicted molar refractivity (Wildman–Crippen MR) is 83.0 cm³/mol. The van der Waals surface area contributed by atoms with Crippen molar-refractivity contribution in [2.45, 2.75) is 40.0 Å². The van der Waals surface area contributed by atoms with E-state index in [1.165, 1.54) is 5.56 Å².